The Kier molecular flexibility index (Phi) is 5.86. The number of hydrogen-bond acceptors (Lipinski definition) is 4. The minimum Gasteiger partial charge on any atom is -0.385 e. The van der Waals surface area contributed by atoms with Gasteiger partial charge >= 0.3 is 0 Å². The fourth-order valence-corrected chi connectivity index (χ4v) is 2.55. The molecule has 17 heavy (non-hydrogen) atoms. The van der Waals surface area contributed by atoms with E-state index < -0.39 is 0 Å². The van der Waals surface area contributed by atoms with Crippen LogP contribution in [0.2, 0.25) is 0 Å². The van der Waals surface area contributed by atoms with Crippen LogP contribution < -0.4 is 5.73 Å². The molecule has 1 aliphatic rings. The van der Waals surface area contributed by atoms with Gasteiger partial charge in [0.2, 0.25) is 0 Å². The Morgan fingerprint density at radius 3 is 2.71 bits per heavy atom. The maximum atomic E-state index is 5.94. The molecule has 0 aromatic carbocycles. The first-order chi connectivity index (χ1) is 8.01. The molecule has 0 amide bonds. The molecule has 102 valence electrons. The molecule has 0 aromatic rings. The molecule has 0 aliphatic carbocycles. The first kappa shape index (κ1) is 14.9. The molecule has 2 N–H and O–H groups in total. The van der Waals surface area contributed by atoms with E-state index in [4.69, 9.17) is 10.5 Å². The molecule has 0 saturated carbocycles. The Bertz CT molecular complexity index is 225. The molecular weight excluding hydrogens is 214 g/mol. The Labute approximate surface area is 106 Å². The van der Waals surface area contributed by atoms with E-state index in [2.05, 4.69) is 30.8 Å². The lowest BCUT2D eigenvalue weighted by Gasteiger charge is -2.39. The summed E-state index contributed by atoms with van der Waals surface area (Å²) in [5.74, 6) is 0.790. The molecule has 0 radical (unpaired) electrons. The van der Waals surface area contributed by atoms with Gasteiger partial charge in [0.25, 0.3) is 0 Å². The second kappa shape index (κ2) is 6.69. The predicted octanol–water partition coefficient (Wildman–Crippen LogP) is 0.624. The smallest absolute Gasteiger partial charge is 0.0480 e. The van der Waals surface area contributed by atoms with Crippen molar-refractivity contribution in [3.05, 3.63) is 0 Å². The summed E-state index contributed by atoms with van der Waals surface area (Å²) >= 11 is 0. The number of hydrogen-bond donors (Lipinski definition) is 1. The van der Waals surface area contributed by atoms with Crippen LogP contribution >= 0.6 is 0 Å². The SMILES string of the molecule is COCCC(C)(CN)N(C)CC1CCN(C)C1. The standard InChI is InChI=1S/C13H29N3O/c1-13(11-14,6-8-17-4)16(3)10-12-5-7-15(2)9-12/h12H,5-11,14H2,1-4H3. The summed E-state index contributed by atoms with van der Waals surface area (Å²) in [7, 11) is 6.15. The Morgan fingerprint density at radius 1 is 1.53 bits per heavy atom. The molecule has 0 spiro atoms. The fourth-order valence-electron chi connectivity index (χ4n) is 2.55. The van der Waals surface area contributed by atoms with Gasteiger partial charge in [-0.25, -0.2) is 0 Å². The average Bonchev–Trinajstić information content (AvgIpc) is 2.71. The number of rotatable bonds is 7. The zero-order chi connectivity index (χ0) is 12.9. The Balaban J connectivity index is 2.44. The molecule has 4 heteroatoms. The molecule has 2 atom stereocenters. The van der Waals surface area contributed by atoms with Crippen LogP contribution in [0.3, 0.4) is 0 Å². The molecule has 1 fully saturated rings. The van der Waals surface area contributed by atoms with Gasteiger partial charge in [0.15, 0.2) is 0 Å². The van der Waals surface area contributed by atoms with Crippen molar-refractivity contribution in [2.24, 2.45) is 11.7 Å². The van der Waals surface area contributed by atoms with Crippen molar-refractivity contribution in [3.8, 4) is 0 Å². The number of ether oxygens (including phenoxy) is 1. The first-order valence-electron chi connectivity index (χ1n) is 6.60. The minimum atomic E-state index is 0.0666. The van der Waals surface area contributed by atoms with Crippen LogP contribution in [0.15, 0.2) is 0 Å². The monoisotopic (exact) mass is 243 g/mol. The van der Waals surface area contributed by atoms with Gasteiger partial charge < -0.3 is 15.4 Å². The van der Waals surface area contributed by atoms with E-state index in [1.54, 1.807) is 7.11 Å². The summed E-state index contributed by atoms with van der Waals surface area (Å²) in [5.41, 5.74) is 6.01. The minimum absolute atomic E-state index is 0.0666. The largest absolute Gasteiger partial charge is 0.385 e. The number of nitrogens with two attached hydrogens (primary N) is 1. The number of likely N-dealkylation sites (N-methyl/N-ethyl adjacent to an activating group) is 1. The van der Waals surface area contributed by atoms with E-state index in [0.29, 0.717) is 6.54 Å². The topological polar surface area (TPSA) is 41.7 Å². The summed E-state index contributed by atoms with van der Waals surface area (Å²) < 4.78 is 5.19. The zero-order valence-corrected chi connectivity index (χ0v) is 11.9. The predicted molar refractivity (Wildman–Crippen MR) is 72.2 cm³/mol. The van der Waals surface area contributed by atoms with Gasteiger partial charge in [-0.05, 0) is 46.3 Å². The lowest BCUT2D eigenvalue weighted by Crippen LogP contribution is -2.52. The maximum Gasteiger partial charge on any atom is 0.0480 e. The van der Waals surface area contributed by atoms with Crippen molar-refractivity contribution in [2.45, 2.75) is 25.3 Å². The Hall–Kier alpha value is -0.160. The summed E-state index contributed by atoms with van der Waals surface area (Å²) in [5, 5.41) is 0. The highest BCUT2D eigenvalue weighted by Crippen LogP contribution is 2.22. The van der Waals surface area contributed by atoms with Gasteiger partial charge in [0.1, 0.15) is 0 Å². The third-order valence-electron chi connectivity index (χ3n) is 4.23. The van der Waals surface area contributed by atoms with Gasteiger partial charge in [-0.15, -0.1) is 0 Å². The van der Waals surface area contributed by atoms with Crippen LogP contribution in [0.4, 0.5) is 0 Å². The summed E-state index contributed by atoms with van der Waals surface area (Å²) in [6.45, 7) is 7.30. The van der Waals surface area contributed by atoms with E-state index in [-0.39, 0.29) is 5.54 Å². The summed E-state index contributed by atoms with van der Waals surface area (Å²) in [6, 6.07) is 0. The molecule has 1 aliphatic heterocycles. The normalized spacial score (nSPS) is 25.4. The van der Waals surface area contributed by atoms with Crippen molar-refractivity contribution in [1.29, 1.82) is 0 Å². The van der Waals surface area contributed by atoms with E-state index >= 15 is 0 Å². The number of nitrogens with zero attached hydrogens (tertiary/aromatic N) is 2. The molecule has 4 nitrogen and oxygen atoms in total. The number of methoxy groups -OCH3 is 1. The van der Waals surface area contributed by atoms with E-state index in [1.807, 2.05) is 0 Å². The molecular formula is C13H29N3O. The summed E-state index contributed by atoms with van der Waals surface area (Å²) in [6.07, 6.45) is 2.31. The van der Waals surface area contributed by atoms with Crippen LogP contribution in [0.1, 0.15) is 19.8 Å². The quantitative estimate of drug-likeness (QED) is 0.712. The molecule has 2 unspecified atom stereocenters. The Morgan fingerprint density at radius 2 is 2.24 bits per heavy atom. The third kappa shape index (κ3) is 4.21. The highest BCUT2D eigenvalue weighted by molar-refractivity contribution is 4.88. The van der Waals surface area contributed by atoms with Crippen molar-refractivity contribution < 1.29 is 4.74 Å². The molecule has 0 aromatic heterocycles. The zero-order valence-electron chi connectivity index (χ0n) is 11.9. The van der Waals surface area contributed by atoms with Crippen molar-refractivity contribution in [1.82, 2.24) is 9.80 Å². The molecule has 1 heterocycles. The third-order valence-corrected chi connectivity index (χ3v) is 4.23. The van der Waals surface area contributed by atoms with Crippen molar-refractivity contribution >= 4 is 0 Å². The first-order valence-corrected chi connectivity index (χ1v) is 6.60. The van der Waals surface area contributed by atoms with Gasteiger partial charge in [-0.1, -0.05) is 0 Å². The van der Waals surface area contributed by atoms with Crippen LogP contribution in [-0.4, -0.2) is 69.3 Å². The maximum absolute atomic E-state index is 5.94. The van der Waals surface area contributed by atoms with Gasteiger partial charge in [-0.2, -0.15) is 0 Å². The van der Waals surface area contributed by atoms with Crippen LogP contribution in [-0.2, 0) is 4.74 Å². The van der Waals surface area contributed by atoms with Crippen LogP contribution in [0, 0.1) is 5.92 Å². The van der Waals surface area contributed by atoms with E-state index in [0.717, 1.165) is 25.5 Å². The lowest BCUT2D eigenvalue weighted by atomic mass is 9.94. The molecule has 1 saturated heterocycles. The molecule has 0 bridgehead atoms. The van der Waals surface area contributed by atoms with Gasteiger partial charge in [0, 0.05) is 38.9 Å². The highest BCUT2D eigenvalue weighted by Gasteiger charge is 2.30. The van der Waals surface area contributed by atoms with Crippen LogP contribution in [0.5, 0.6) is 0 Å². The van der Waals surface area contributed by atoms with E-state index in [9.17, 15) is 0 Å². The highest BCUT2D eigenvalue weighted by atomic mass is 16.5. The van der Waals surface area contributed by atoms with Crippen molar-refractivity contribution in [3.63, 3.8) is 0 Å². The van der Waals surface area contributed by atoms with Crippen molar-refractivity contribution in [2.75, 3.05) is 54.0 Å². The van der Waals surface area contributed by atoms with Crippen LogP contribution in [0.25, 0.3) is 0 Å². The van der Waals surface area contributed by atoms with Gasteiger partial charge in [0.05, 0.1) is 0 Å². The number of likely N-dealkylation sites (tertiary alicyclic amines) is 1. The summed E-state index contributed by atoms with van der Waals surface area (Å²) in [4.78, 5) is 4.84. The second-order valence-corrected chi connectivity index (χ2v) is 5.74. The lowest BCUT2D eigenvalue weighted by molar-refractivity contribution is 0.0779. The van der Waals surface area contributed by atoms with E-state index in [1.165, 1.54) is 19.5 Å². The second-order valence-electron chi connectivity index (χ2n) is 5.74. The van der Waals surface area contributed by atoms with Gasteiger partial charge in [-0.3, -0.25) is 4.90 Å². The molecule has 1 rings (SSSR count). The average molecular weight is 243 g/mol. The fraction of sp³-hybridized carbons (Fsp3) is 1.00.